The third kappa shape index (κ3) is 6.28. The van der Waals surface area contributed by atoms with Crippen LogP contribution in [0.2, 0.25) is 0 Å². The highest BCUT2D eigenvalue weighted by Crippen LogP contribution is 2.30. The number of carbonyl (C=O) groups excluding carboxylic acids is 1. The van der Waals surface area contributed by atoms with E-state index in [0.717, 1.165) is 6.42 Å². The Hall–Kier alpha value is -0.570. The predicted octanol–water partition coefficient (Wildman–Crippen LogP) is 4.15. The standard InChI is InChI=1S/C19H36N2O/c1-15(20)17-9-7-8-16(12-13-17)14-19(22)21-18-10-5-3-2-4-6-11-18/h15-18H,2-14,20H2,1H3,(H,21,22). The van der Waals surface area contributed by atoms with E-state index < -0.39 is 0 Å². The van der Waals surface area contributed by atoms with Crippen molar-refractivity contribution in [1.82, 2.24) is 5.32 Å². The normalized spacial score (nSPS) is 29.9. The number of carbonyl (C=O) groups is 1. The Balaban J connectivity index is 1.71. The molecule has 3 nitrogen and oxygen atoms in total. The first-order valence-corrected chi connectivity index (χ1v) is 9.70. The van der Waals surface area contributed by atoms with Crippen molar-refractivity contribution >= 4 is 5.91 Å². The molecule has 3 N–H and O–H groups in total. The highest BCUT2D eigenvalue weighted by atomic mass is 16.1. The van der Waals surface area contributed by atoms with Gasteiger partial charge in [-0.05, 0) is 57.3 Å². The molecule has 3 atom stereocenters. The lowest BCUT2D eigenvalue weighted by molar-refractivity contribution is -0.123. The zero-order chi connectivity index (χ0) is 15.8. The van der Waals surface area contributed by atoms with Crippen LogP contribution >= 0.6 is 0 Å². The number of hydrogen-bond donors (Lipinski definition) is 2. The van der Waals surface area contributed by atoms with Crippen LogP contribution in [0.3, 0.4) is 0 Å². The lowest BCUT2D eigenvalue weighted by Gasteiger charge is -2.22. The van der Waals surface area contributed by atoms with E-state index in [1.165, 1.54) is 77.0 Å². The molecule has 2 rings (SSSR count). The van der Waals surface area contributed by atoms with Crippen LogP contribution in [0, 0.1) is 11.8 Å². The van der Waals surface area contributed by atoms with Crippen LogP contribution < -0.4 is 11.1 Å². The topological polar surface area (TPSA) is 55.1 Å². The van der Waals surface area contributed by atoms with Crippen molar-refractivity contribution in [2.24, 2.45) is 17.6 Å². The van der Waals surface area contributed by atoms with E-state index in [4.69, 9.17) is 5.73 Å². The number of amides is 1. The van der Waals surface area contributed by atoms with Crippen LogP contribution in [0.5, 0.6) is 0 Å². The minimum atomic E-state index is 0.301. The van der Waals surface area contributed by atoms with Crippen molar-refractivity contribution in [3.05, 3.63) is 0 Å². The molecule has 3 heteroatoms. The SMILES string of the molecule is CC(N)C1CCCC(CC(=O)NC2CCCCCCC2)CC1. The molecule has 2 aliphatic carbocycles. The first kappa shape index (κ1) is 17.8. The first-order valence-electron chi connectivity index (χ1n) is 9.70. The minimum Gasteiger partial charge on any atom is -0.353 e. The zero-order valence-electron chi connectivity index (χ0n) is 14.5. The summed E-state index contributed by atoms with van der Waals surface area (Å²) in [4.78, 5) is 12.4. The van der Waals surface area contributed by atoms with E-state index >= 15 is 0 Å². The van der Waals surface area contributed by atoms with Crippen molar-refractivity contribution in [1.29, 1.82) is 0 Å². The summed E-state index contributed by atoms with van der Waals surface area (Å²) in [7, 11) is 0. The lowest BCUT2D eigenvalue weighted by atomic mass is 9.92. The van der Waals surface area contributed by atoms with E-state index in [1.54, 1.807) is 0 Å². The molecule has 2 aliphatic rings. The summed E-state index contributed by atoms with van der Waals surface area (Å²) in [6.07, 6.45) is 15.8. The Morgan fingerprint density at radius 1 is 0.955 bits per heavy atom. The Morgan fingerprint density at radius 2 is 1.64 bits per heavy atom. The van der Waals surface area contributed by atoms with Crippen LogP contribution in [0.4, 0.5) is 0 Å². The largest absolute Gasteiger partial charge is 0.353 e. The smallest absolute Gasteiger partial charge is 0.220 e. The summed E-state index contributed by atoms with van der Waals surface area (Å²) in [5, 5.41) is 3.32. The Labute approximate surface area is 136 Å². The Bertz CT molecular complexity index is 321. The van der Waals surface area contributed by atoms with Gasteiger partial charge in [0, 0.05) is 18.5 Å². The van der Waals surface area contributed by atoms with Crippen LogP contribution in [0.25, 0.3) is 0 Å². The molecule has 22 heavy (non-hydrogen) atoms. The van der Waals surface area contributed by atoms with E-state index in [0.29, 0.717) is 29.8 Å². The monoisotopic (exact) mass is 308 g/mol. The average molecular weight is 309 g/mol. The van der Waals surface area contributed by atoms with Crippen LogP contribution in [0.15, 0.2) is 0 Å². The molecule has 0 heterocycles. The minimum absolute atomic E-state index is 0.301. The van der Waals surface area contributed by atoms with Crippen molar-refractivity contribution in [2.45, 2.75) is 102 Å². The molecule has 1 amide bonds. The van der Waals surface area contributed by atoms with Crippen molar-refractivity contribution < 1.29 is 4.79 Å². The van der Waals surface area contributed by atoms with E-state index in [2.05, 4.69) is 12.2 Å². The molecule has 2 saturated carbocycles. The fourth-order valence-corrected chi connectivity index (χ4v) is 4.29. The first-order chi connectivity index (χ1) is 10.6. The van der Waals surface area contributed by atoms with E-state index in [9.17, 15) is 4.79 Å². The second-order valence-corrected chi connectivity index (χ2v) is 7.81. The molecule has 0 saturated heterocycles. The molecule has 0 spiro atoms. The maximum absolute atomic E-state index is 12.4. The third-order valence-electron chi connectivity index (χ3n) is 5.82. The number of hydrogen-bond acceptors (Lipinski definition) is 2. The molecule has 0 aromatic heterocycles. The molecule has 0 bridgehead atoms. The summed E-state index contributed by atoms with van der Waals surface area (Å²) in [5.74, 6) is 1.55. The number of rotatable bonds is 4. The van der Waals surface area contributed by atoms with Gasteiger partial charge in [-0.3, -0.25) is 4.79 Å². The number of nitrogens with two attached hydrogens (primary N) is 1. The van der Waals surface area contributed by atoms with Crippen molar-refractivity contribution in [3.63, 3.8) is 0 Å². The van der Waals surface area contributed by atoms with Crippen molar-refractivity contribution in [2.75, 3.05) is 0 Å². The van der Waals surface area contributed by atoms with Gasteiger partial charge >= 0.3 is 0 Å². The summed E-state index contributed by atoms with van der Waals surface area (Å²) in [6, 6.07) is 0.748. The Morgan fingerprint density at radius 3 is 2.32 bits per heavy atom. The van der Waals surface area contributed by atoms with Gasteiger partial charge in [-0.2, -0.15) is 0 Å². The van der Waals surface area contributed by atoms with E-state index in [-0.39, 0.29) is 0 Å². The summed E-state index contributed by atoms with van der Waals surface area (Å²) in [5.41, 5.74) is 6.06. The fourth-order valence-electron chi connectivity index (χ4n) is 4.29. The average Bonchev–Trinajstić information content (AvgIpc) is 2.67. The summed E-state index contributed by atoms with van der Waals surface area (Å²) in [6.45, 7) is 2.13. The molecule has 2 fully saturated rings. The zero-order valence-corrected chi connectivity index (χ0v) is 14.5. The third-order valence-corrected chi connectivity index (χ3v) is 5.82. The van der Waals surface area contributed by atoms with Gasteiger partial charge in [-0.1, -0.05) is 38.5 Å². The molecule has 0 aliphatic heterocycles. The Kier molecular flexibility index (Phi) is 7.71. The molecule has 0 aromatic rings. The summed E-state index contributed by atoms with van der Waals surface area (Å²) >= 11 is 0. The van der Waals surface area contributed by atoms with Crippen molar-refractivity contribution in [3.8, 4) is 0 Å². The maximum Gasteiger partial charge on any atom is 0.220 e. The van der Waals surface area contributed by atoms with Crippen LogP contribution in [-0.4, -0.2) is 18.0 Å². The molecular weight excluding hydrogens is 272 g/mol. The maximum atomic E-state index is 12.4. The highest BCUT2D eigenvalue weighted by Gasteiger charge is 2.23. The second-order valence-electron chi connectivity index (χ2n) is 7.81. The van der Waals surface area contributed by atoms with Gasteiger partial charge in [0.2, 0.25) is 5.91 Å². The fraction of sp³-hybridized carbons (Fsp3) is 0.947. The quantitative estimate of drug-likeness (QED) is 0.767. The van der Waals surface area contributed by atoms with Crippen LogP contribution in [-0.2, 0) is 4.79 Å². The molecule has 3 unspecified atom stereocenters. The second kappa shape index (κ2) is 9.54. The van der Waals surface area contributed by atoms with Gasteiger partial charge in [0.05, 0.1) is 0 Å². The summed E-state index contributed by atoms with van der Waals surface area (Å²) < 4.78 is 0. The van der Waals surface area contributed by atoms with Gasteiger partial charge in [-0.15, -0.1) is 0 Å². The molecular formula is C19H36N2O. The van der Waals surface area contributed by atoms with Gasteiger partial charge < -0.3 is 11.1 Å². The van der Waals surface area contributed by atoms with Crippen LogP contribution in [0.1, 0.15) is 90.4 Å². The molecule has 0 radical (unpaired) electrons. The number of nitrogens with one attached hydrogen (secondary N) is 1. The van der Waals surface area contributed by atoms with E-state index in [1.807, 2.05) is 0 Å². The predicted molar refractivity (Wildman–Crippen MR) is 92.6 cm³/mol. The van der Waals surface area contributed by atoms with Gasteiger partial charge in [0.15, 0.2) is 0 Å². The molecule has 128 valence electrons. The lowest BCUT2D eigenvalue weighted by Crippen LogP contribution is -2.36. The van der Waals surface area contributed by atoms with Gasteiger partial charge in [0.1, 0.15) is 0 Å². The molecule has 0 aromatic carbocycles. The van der Waals surface area contributed by atoms with Gasteiger partial charge in [0.25, 0.3) is 0 Å². The highest BCUT2D eigenvalue weighted by molar-refractivity contribution is 5.76. The van der Waals surface area contributed by atoms with Gasteiger partial charge in [-0.25, -0.2) is 0 Å².